The van der Waals surface area contributed by atoms with Crippen molar-refractivity contribution in [2.45, 2.75) is 39.8 Å². The molecule has 1 rings (SSSR count). The van der Waals surface area contributed by atoms with Crippen LogP contribution >= 0.6 is 0 Å². The van der Waals surface area contributed by atoms with Gasteiger partial charge in [0.25, 0.3) is 0 Å². The summed E-state index contributed by atoms with van der Waals surface area (Å²) >= 11 is 0. The molecule has 0 amide bonds. The molecule has 0 aliphatic rings. The first kappa shape index (κ1) is 14.4. The topological polar surface area (TPSA) is 95.0 Å². The van der Waals surface area contributed by atoms with Gasteiger partial charge in [0.2, 0.25) is 17.8 Å². The first-order chi connectivity index (χ1) is 8.51. The molecule has 0 unspecified atom stereocenters. The molecule has 0 aromatic carbocycles. The Kier molecular flexibility index (Phi) is 5.57. The summed E-state index contributed by atoms with van der Waals surface area (Å²) in [5, 5.41) is 18.0. The third kappa shape index (κ3) is 5.13. The summed E-state index contributed by atoms with van der Waals surface area (Å²) < 4.78 is 0. The maximum absolute atomic E-state index is 8.79. The lowest BCUT2D eigenvalue weighted by Crippen LogP contribution is -2.19. The van der Waals surface area contributed by atoms with Gasteiger partial charge >= 0.3 is 0 Å². The lowest BCUT2D eigenvalue weighted by Gasteiger charge is -2.13. The summed E-state index contributed by atoms with van der Waals surface area (Å²) in [4.78, 5) is 12.7. The number of aliphatic hydroxyl groups is 1. The van der Waals surface area contributed by atoms with Gasteiger partial charge in [-0.05, 0) is 27.7 Å². The second kappa shape index (κ2) is 6.95. The zero-order valence-corrected chi connectivity index (χ0v) is 11.4. The number of anilines is 3. The number of rotatable bonds is 7. The van der Waals surface area contributed by atoms with Gasteiger partial charge in [0.05, 0.1) is 6.61 Å². The van der Waals surface area contributed by atoms with E-state index in [1.807, 2.05) is 27.7 Å². The van der Waals surface area contributed by atoms with E-state index in [-0.39, 0.29) is 18.7 Å². The van der Waals surface area contributed by atoms with Crippen molar-refractivity contribution in [3.8, 4) is 0 Å². The van der Waals surface area contributed by atoms with E-state index in [0.29, 0.717) is 24.4 Å². The molecule has 0 aliphatic heterocycles. The molecule has 0 saturated carbocycles. The summed E-state index contributed by atoms with van der Waals surface area (Å²) in [6.07, 6.45) is 0. The molecule has 0 spiro atoms. The highest BCUT2D eigenvalue weighted by atomic mass is 16.3. The van der Waals surface area contributed by atoms with Crippen molar-refractivity contribution in [3.05, 3.63) is 0 Å². The molecule has 18 heavy (non-hydrogen) atoms. The number of nitrogens with zero attached hydrogens (tertiary/aromatic N) is 3. The van der Waals surface area contributed by atoms with Gasteiger partial charge in [-0.15, -0.1) is 0 Å². The molecule has 0 atom stereocenters. The first-order valence-corrected chi connectivity index (χ1v) is 6.15. The molecule has 0 radical (unpaired) electrons. The predicted octanol–water partition coefficient (Wildman–Crippen LogP) is 0.916. The Morgan fingerprint density at radius 2 is 1.33 bits per heavy atom. The van der Waals surface area contributed by atoms with Crippen molar-refractivity contribution in [3.63, 3.8) is 0 Å². The standard InChI is InChI=1S/C11H22N6O/c1-7(2)13-10-15-9(12-5-6-18)16-11(17-10)14-8(3)4/h7-8,18H,5-6H2,1-4H3,(H3,12,13,14,15,16,17). The molecular weight excluding hydrogens is 232 g/mol. The summed E-state index contributed by atoms with van der Waals surface area (Å²) in [5.41, 5.74) is 0. The van der Waals surface area contributed by atoms with Gasteiger partial charge in [-0.25, -0.2) is 0 Å². The minimum atomic E-state index is 0.0333. The summed E-state index contributed by atoms with van der Waals surface area (Å²) in [7, 11) is 0. The maximum atomic E-state index is 8.79. The summed E-state index contributed by atoms with van der Waals surface area (Å²) in [5.74, 6) is 1.48. The van der Waals surface area contributed by atoms with E-state index in [1.165, 1.54) is 0 Å². The lowest BCUT2D eigenvalue weighted by atomic mass is 10.4. The van der Waals surface area contributed by atoms with Gasteiger partial charge in [0.15, 0.2) is 0 Å². The molecule has 1 aromatic rings. The number of aliphatic hydroxyl groups excluding tert-OH is 1. The monoisotopic (exact) mass is 254 g/mol. The molecule has 4 N–H and O–H groups in total. The molecule has 1 heterocycles. The predicted molar refractivity (Wildman–Crippen MR) is 72.9 cm³/mol. The largest absolute Gasteiger partial charge is 0.395 e. The molecule has 0 fully saturated rings. The molecule has 7 heteroatoms. The summed E-state index contributed by atoms with van der Waals surface area (Å²) in [6.45, 7) is 8.50. The van der Waals surface area contributed by atoms with Gasteiger partial charge in [-0.2, -0.15) is 15.0 Å². The van der Waals surface area contributed by atoms with E-state index in [1.54, 1.807) is 0 Å². The van der Waals surface area contributed by atoms with Crippen molar-refractivity contribution >= 4 is 17.8 Å². The van der Waals surface area contributed by atoms with Gasteiger partial charge in [0, 0.05) is 18.6 Å². The highest BCUT2D eigenvalue weighted by Crippen LogP contribution is 2.10. The van der Waals surface area contributed by atoms with Crippen LogP contribution in [-0.2, 0) is 0 Å². The van der Waals surface area contributed by atoms with E-state index in [2.05, 4.69) is 30.9 Å². The fraction of sp³-hybridized carbons (Fsp3) is 0.727. The molecule has 0 saturated heterocycles. The van der Waals surface area contributed by atoms with Crippen molar-refractivity contribution in [1.82, 2.24) is 15.0 Å². The van der Waals surface area contributed by atoms with Gasteiger partial charge in [-0.3, -0.25) is 0 Å². The minimum Gasteiger partial charge on any atom is -0.395 e. The number of nitrogens with one attached hydrogen (secondary N) is 3. The van der Waals surface area contributed by atoms with E-state index in [4.69, 9.17) is 5.11 Å². The number of hydrogen-bond donors (Lipinski definition) is 4. The van der Waals surface area contributed by atoms with Gasteiger partial charge < -0.3 is 21.1 Å². The Bertz CT molecular complexity index is 340. The van der Waals surface area contributed by atoms with E-state index < -0.39 is 0 Å². The molecule has 0 bridgehead atoms. The highest BCUT2D eigenvalue weighted by Gasteiger charge is 2.07. The van der Waals surface area contributed by atoms with Crippen LogP contribution in [0.1, 0.15) is 27.7 Å². The van der Waals surface area contributed by atoms with Crippen LogP contribution in [0.4, 0.5) is 17.8 Å². The van der Waals surface area contributed by atoms with Gasteiger partial charge in [0.1, 0.15) is 0 Å². The fourth-order valence-electron chi connectivity index (χ4n) is 1.27. The van der Waals surface area contributed by atoms with Crippen molar-refractivity contribution in [1.29, 1.82) is 0 Å². The van der Waals surface area contributed by atoms with Crippen LogP contribution < -0.4 is 16.0 Å². The molecule has 7 nitrogen and oxygen atoms in total. The third-order valence-corrected chi connectivity index (χ3v) is 1.87. The quantitative estimate of drug-likeness (QED) is 0.574. The summed E-state index contributed by atoms with van der Waals surface area (Å²) in [6, 6.07) is 0.481. The second-order valence-electron chi connectivity index (χ2n) is 4.55. The molecule has 0 aliphatic carbocycles. The van der Waals surface area contributed by atoms with Crippen LogP contribution in [0.2, 0.25) is 0 Å². The Hall–Kier alpha value is -1.63. The Morgan fingerprint density at radius 3 is 1.72 bits per heavy atom. The normalized spacial score (nSPS) is 10.8. The van der Waals surface area contributed by atoms with Crippen molar-refractivity contribution in [2.24, 2.45) is 0 Å². The van der Waals surface area contributed by atoms with Crippen LogP contribution in [-0.4, -0.2) is 45.3 Å². The average Bonchev–Trinajstić information content (AvgIpc) is 2.24. The van der Waals surface area contributed by atoms with Crippen LogP contribution in [0.15, 0.2) is 0 Å². The minimum absolute atomic E-state index is 0.0333. The van der Waals surface area contributed by atoms with E-state index in [0.717, 1.165) is 0 Å². The van der Waals surface area contributed by atoms with Crippen LogP contribution in [0.5, 0.6) is 0 Å². The zero-order valence-electron chi connectivity index (χ0n) is 11.4. The van der Waals surface area contributed by atoms with E-state index >= 15 is 0 Å². The second-order valence-corrected chi connectivity index (χ2v) is 4.55. The number of aromatic nitrogens is 3. The van der Waals surface area contributed by atoms with E-state index in [9.17, 15) is 0 Å². The SMILES string of the molecule is CC(C)Nc1nc(NCCO)nc(NC(C)C)n1. The Morgan fingerprint density at radius 1 is 0.889 bits per heavy atom. The smallest absolute Gasteiger partial charge is 0.229 e. The van der Waals surface area contributed by atoms with Crippen LogP contribution in [0.25, 0.3) is 0 Å². The lowest BCUT2D eigenvalue weighted by molar-refractivity contribution is 0.311. The van der Waals surface area contributed by atoms with Crippen LogP contribution in [0, 0.1) is 0 Å². The first-order valence-electron chi connectivity index (χ1n) is 6.15. The molecular formula is C11H22N6O. The zero-order chi connectivity index (χ0) is 13.5. The Balaban J connectivity index is 2.88. The molecule has 1 aromatic heterocycles. The van der Waals surface area contributed by atoms with Crippen LogP contribution in [0.3, 0.4) is 0 Å². The van der Waals surface area contributed by atoms with Crippen molar-refractivity contribution < 1.29 is 5.11 Å². The number of hydrogen-bond acceptors (Lipinski definition) is 7. The van der Waals surface area contributed by atoms with Gasteiger partial charge in [-0.1, -0.05) is 0 Å². The third-order valence-electron chi connectivity index (χ3n) is 1.87. The molecule has 102 valence electrons. The maximum Gasteiger partial charge on any atom is 0.229 e. The fourth-order valence-corrected chi connectivity index (χ4v) is 1.27. The van der Waals surface area contributed by atoms with Crippen molar-refractivity contribution in [2.75, 3.05) is 29.1 Å². The highest BCUT2D eigenvalue weighted by molar-refractivity contribution is 5.42. The Labute approximate surface area is 107 Å². The average molecular weight is 254 g/mol.